The van der Waals surface area contributed by atoms with Crippen molar-refractivity contribution in [3.8, 4) is 11.3 Å². The van der Waals surface area contributed by atoms with Crippen molar-refractivity contribution >= 4 is 34.0 Å². The van der Waals surface area contributed by atoms with Crippen molar-refractivity contribution in [1.29, 1.82) is 0 Å². The molecule has 1 amide bonds. The minimum atomic E-state index is -0.0653. The molecule has 26 heavy (non-hydrogen) atoms. The zero-order chi connectivity index (χ0) is 17.9. The number of nitrogens with one attached hydrogen (secondary N) is 1. The van der Waals surface area contributed by atoms with Gasteiger partial charge in [-0.15, -0.1) is 11.3 Å². The van der Waals surface area contributed by atoms with Crippen LogP contribution in [0.2, 0.25) is 0 Å². The second-order valence-corrected chi connectivity index (χ2v) is 7.01. The van der Waals surface area contributed by atoms with Crippen LogP contribution in [0.15, 0.2) is 58.3 Å². The molecule has 0 aliphatic carbocycles. The highest BCUT2D eigenvalue weighted by molar-refractivity contribution is 7.09. The van der Waals surface area contributed by atoms with E-state index in [9.17, 15) is 4.79 Å². The van der Waals surface area contributed by atoms with Gasteiger partial charge in [-0.2, -0.15) is 0 Å². The van der Waals surface area contributed by atoms with E-state index in [4.69, 9.17) is 4.42 Å². The van der Waals surface area contributed by atoms with Gasteiger partial charge in [0, 0.05) is 29.5 Å². The van der Waals surface area contributed by atoms with Crippen LogP contribution < -0.4 is 5.32 Å². The molecule has 0 saturated heterocycles. The normalized spacial score (nSPS) is 11.0. The van der Waals surface area contributed by atoms with Crippen LogP contribution in [0.3, 0.4) is 0 Å². The maximum atomic E-state index is 12.2. The first-order chi connectivity index (χ1) is 12.7. The van der Waals surface area contributed by atoms with E-state index in [0.717, 1.165) is 33.1 Å². The first-order valence-electron chi connectivity index (χ1n) is 8.34. The van der Waals surface area contributed by atoms with E-state index in [1.54, 1.807) is 11.3 Å². The van der Waals surface area contributed by atoms with E-state index < -0.39 is 0 Å². The third-order valence-electron chi connectivity index (χ3n) is 3.99. The molecular weight excluding hydrogens is 346 g/mol. The number of fused-ring (bicyclic) bond motifs is 1. The van der Waals surface area contributed by atoms with Crippen LogP contribution in [0, 0.1) is 6.92 Å². The summed E-state index contributed by atoms with van der Waals surface area (Å²) in [7, 11) is 0. The third-order valence-corrected chi connectivity index (χ3v) is 4.76. The lowest BCUT2D eigenvalue weighted by Crippen LogP contribution is -2.12. The number of carbonyl (C=O) groups is 1. The number of carbonyl (C=O) groups excluding carboxylic acids is 1. The molecule has 0 aliphatic rings. The van der Waals surface area contributed by atoms with Crippen LogP contribution in [0.1, 0.15) is 17.3 Å². The van der Waals surface area contributed by atoms with Crippen molar-refractivity contribution in [1.82, 2.24) is 9.97 Å². The van der Waals surface area contributed by atoms with Crippen molar-refractivity contribution in [2.75, 3.05) is 5.32 Å². The van der Waals surface area contributed by atoms with Crippen molar-refractivity contribution in [2.24, 2.45) is 0 Å². The Labute approximate surface area is 154 Å². The van der Waals surface area contributed by atoms with Crippen LogP contribution in [-0.4, -0.2) is 15.9 Å². The molecule has 2 aromatic heterocycles. The Morgan fingerprint density at radius 3 is 2.65 bits per heavy atom. The van der Waals surface area contributed by atoms with Gasteiger partial charge >= 0.3 is 0 Å². The smallest absolute Gasteiger partial charge is 0.224 e. The first-order valence-corrected chi connectivity index (χ1v) is 9.22. The molecule has 0 radical (unpaired) electrons. The minimum absolute atomic E-state index is 0.0653. The number of aryl methyl sites for hydroxylation is 2. The Kier molecular flexibility index (Phi) is 4.50. The number of thiazole rings is 1. The molecule has 0 spiro atoms. The number of rotatable bonds is 5. The summed E-state index contributed by atoms with van der Waals surface area (Å²) in [5.74, 6) is 0.514. The molecule has 2 aromatic carbocycles. The quantitative estimate of drug-likeness (QED) is 0.551. The van der Waals surface area contributed by atoms with E-state index in [2.05, 4.69) is 15.3 Å². The molecule has 1 N–H and O–H groups in total. The van der Waals surface area contributed by atoms with Gasteiger partial charge in [0.1, 0.15) is 5.52 Å². The van der Waals surface area contributed by atoms with Crippen LogP contribution in [-0.2, 0) is 11.2 Å². The lowest BCUT2D eigenvalue weighted by Gasteiger charge is -2.05. The Bertz CT molecular complexity index is 1020. The standard InChI is InChI=1S/C20H17N3O2S/c1-13-21-17(12-26-13)14-6-8-15(9-7-14)22-19(24)10-11-20-23-16-4-2-3-5-18(16)25-20/h2-9,12H,10-11H2,1H3,(H,22,24). The van der Waals surface area contributed by atoms with E-state index in [1.165, 1.54) is 0 Å². The molecule has 0 aliphatic heterocycles. The number of amides is 1. The monoisotopic (exact) mass is 363 g/mol. The Hall–Kier alpha value is -2.99. The number of hydrogen-bond acceptors (Lipinski definition) is 5. The maximum Gasteiger partial charge on any atom is 0.224 e. The zero-order valence-corrected chi connectivity index (χ0v) is 15.0. The average Bonchev–Trinajstić information content (AvgIpc) is 3.26. The molecule has 130 valence electrons. The summed E-state index contributed by atoms with van der Waals surface area (Å²) in [5, 5.41) is 5.97. The van der Waals surface area contributed by atoms with Crippen molar-refractivity contribution in [2.45, 2.75) is 19.8 Å². The summed E-state index contributed by atoms with van der Waals surface area (Å²) in [6, 6.07) is 15.3. The van der Waals surface area contributed by atoms with Gasteiger partial charge in [-0.3, -0.25) is 4.79 Å². The number of hydrogen-bond donors (Lipinski definition) is 1. The zero-order valence-electron chi connectivity index (χ0n) is 14.2. The average molecular weight is 363 g/mol. The maximum absolute atomic E-state index is 12.2. The molecule has 5 nitrogen and oxygen atoms in total. The number of nitrogens with zero attached hydrogens (tertiary/aromatic N) is 2. The van der Waals surface area contributed by atoms with Crippen LogP contribution in [0.25, 0.3) is 22.4 Å². The summed E-state index contributed by atoms with van der Waals surface area (Å²) in [6.45, 7) is 1.99. The fraction of sp³-hybridized carbons (Fsp3) is 0.150. The molecule has 0 fully saturated rings. The molecule has 4 rings (SSSR count). The Balaban J connectivity index is 1.35. The summed E-state index contributed by atoms with van der Waals surface area (Å²) in [6.07, 6.45) is 0.788. The number of benzene rings is 2. The number of para-hydroxylation sites is 2. The van der Waals surface area contributed by atoms with E-state index >= 15 is 0 Å². The topological polar surface area (TPSA) is 68.0 Å². The SMILES string of the molecule is Cc1nc(-c2ccc(NC(=O)CCc3nc4ccccc4o3)cc2)cs1. The molecule has 2 heterocycles. The predicted octanol–water partition coefficient (Wildman–Crippen LogP) is 4.83. The number of aromatic nitrogens is 2. The van der Waals surface area contributed by atoms with Crippen LogP contribution >= 0.6 is 11.3 Å². The highest BCUT2D eigenvalue weighted by Gasteiger charge is 2.09. The van der Waals surface area contributed by atoms with E-state index in [1.807, 2.05) is 60.8 Å². The van der Waals surface area contributed by atoms with Gasteiger partial charge in [0.2, 0.25) is 5.91 Å². The molecule has 4 aromatic rings. The summed E-state index contributed by atoms with van der Waals surface area (Å²) in [5.41, 5.74) is 4.33. The third kappa shape index (κ3) is 3.65. The van der Waals surface area contributed by atoms with E-state index in [0.29, 0.717) is 18.7 Å². The molecule has 0 saturated carbocycles. The van der Waals surface area contributed by atoms with E-state index in [-0.39, 0.29) is 5.91 Å². The van der Waals surface area contributed by atoms with Crippen molar-refractivity contribution in [3.63, 3.8) is 0 Å². The summed E-state index contributed by atoms with van der Waals surface area (Å²) >= 11 is 1.62. The second-order valence-electron chi connectivity index (χ2n) is 5.95. The lowest BCUT2D eigenvalue weighted by molar-refractivity contribution is -0.116. The first kappa shape index (κ1) is 16.5. The lowest BCUT2D eigenvalue weighted by atomic mass is 10.1. The van der Waals surface area contributed by atoms with Gasteiger partial charge in [0.15, 0.2) is 11.5 Å². The van der Waals surface area contributed by atoms with Crippen molar-refractivity contribution in [3.05, 3.63) is 64.8 Å². The fourth-order valence-corrected chi connectivity index (χ4v) is 3.31. The molecule has 0 atom stereocenters. The summed E-state index contributed by atoms with van der Waals surface area (Å²) in [4.78, 5) is 21.0. The largest absolute Gasteiger partial charge is 0.441 e. The van der Waals surface area contributed by atoms with Crippen molar-refractivity contribution < 1.29 is 9.21 Å². The van der Waals surface area contributed by atoms with Crippen LogP contribution in [0.4, 0.5) is 5.69 Å². The highest BCUT2D eigenvalue weighted by Crippen LogP contribution is 2.23. The van der Waals surface area contributed by atoms with Gasteiger partial charge in [0.25, 0.3) is 0 Å². The Morgan fingerprint density at radius 1 is 1.12 bits per heavy atom. The highest BCUT2D eigenvalue weighted by atomic mass is 32.1. The molecular formula is C20H17N3O2S. The second kappa shape index (κ2) is 7.09. The molecule has 0 bridgehead atoms. The molecule has 6 heteroatoms. The van der Waals surface area contributed by atoms with Crippen LogP contribution in [0.5, 0.6) is 0 Å². The van der Waals surface area contributed by atoms with Gasteiger partial charge in [-0.1, -0.05) is 24.3 Å². The molecule has 0 unspecified atom stereocenters. The predicted molar refractivity (Wildman–Crippen MR) is 103 cm³/mol. The van der Waals surface area contributed by atoms with Gasteiger partial charge in [-0.05, 0) is 31.2 Å². The fourth-order valence-electron chi connectivity index (χ4n) is 2.69. The Morgan fingerprint density at radius 2 is 1.92 bits per heavy atom. The van der Waals surface area contributed by atoms with Gasteiger partial charge in [0.05, 0.1) is 10.7 Å². The summed E-state index contributed by atoms with van der Waals surface area (Å²) < 4.78 is 5.64. The number of anilines is 1. The van der Waals surface area contributed by atoms with Gasteiger partial charge < -0.3 is 9.73 Å². The van der Waals surface area contributed by atoms with Gasteiger partial charge in [-0.25, -0.2) is 9.97 Å². The minimum Gasteiger partial charge on any atom is -0.441 e. The number of oxazole rings is 1.